The summed E-state index contributed by atoms with van der Waals surface area (Å²) in [6.07, 6.45) is 0.276. The van der Waals surface area contributed by atoms with Gasteiger partial charge in [-0.2, -0.15) is 0 Å². The standard InChI is InChI=1S/C13H14N4O4/c1-21-11-4-9(13(19)20)3-10(5-11)17-7-8(2-12(17)18)6-15-16-14/h3-5,8H,2,6-7H2,1H3,(H,19,20). The number of ether oxygens (including phenoxy) is 1. The zero-order chi connectivity index (χ0) is 15.4. The van der Waals surface area contributed by atoms with Crippen LogP contribution in [0.25, 0.3) is 10.4 Å². The zero-order valence-corrected chi connectivity index (χ0v) is 11.4. The Morgan fingerprint density at radius 3 is 2.95 bits per heavy atom. The molecule has 8 heteroatoms. The number of carboxylic acid groups (broad SMARTS) is 1. The van der Waals surface area contributed by atoms with Crippen molar-refractivity contribution in [2.24, 2.45) is 11.0 Å². The normalized spacial score (nSPS) is 17.5. The highest BCUT2D eigenvalue weighted by atomic mass is 16.5. The fraction of sp³-hybridized carbons (Fsp3) is 0.385. The number of carbonyl (C=O) groups is 2. The SMILES string of the molecule is COc1cc(C(=O)O)cc(N2CC(CN=[N+]=[N-])CC2=O)c1. The van der Waals surface area contributed by atoms with Gasteiger partial charge in [0.05, 0.1) is 12.7 Å². The number of rotatable bonds is 5. The van der Waals surface area contributed by atoms with E-state index in [0.29, 0.717) is 18.0 Å². The Hall–Kier alpha value is -2.73. The highest BCUT2D eigenvalue weighted by Crippen LogP contribution is 2.29. The van der Waals surface area contributed by atoms with Crippen LogP contribution in [0, 0.1) is 5.92 Å². The monoisotopic (exact) mass is 290 g/mol. The van der Waals surface area contributed by atoms with Crippen LogP contribution in [0.15, 0.2) is 23.3 Å². The van der Waals surface area contributed by atoms with Gasteiger partial charge in [0.15, 0.2) is 0 Å². The zero-order valence-electron chi connectivity index (χ0n) is 11.4. The third-order valence-corrected chi connectivity index (χ3v) is 3.29. The second kappa shape index (κ2) is 6.15. The summed E-state index contributed by atoms with van der Waals surface area (Å²) in [6, 6.07) is 4.43. The van der Waals surface area contributed by atoms with E-state index in [9.17, 15) is 9.59 Å². The van der Waals surface area contributed by atoms with Crippen LogP contribution in [0.5, 0.6) is 5.75 Å². The molecule has 1 aliphatic heterocycles. The lowest BCUT2D eigenvalue weighted by Crippen LogP contribution is -2.25. The molecule has 0 aromatic heterocycles. The predicted molar refractivity (Wildman–Crippen MR) is 74.4 cm³/mol. The molecule has 0 radical (unpaired) electrons. The van der Waals surface area contributed by atoms with E-state index < -0.39 is 5.97 Å². The second-order valence-electron chi connectivity index (χ2n) is 4.71. The molecule has 0 saturated carbocycles. The summed E-state index contributed by atoms with van der Waals surface area (Å²) in [5.74, 6) is -0.908. The minimum Gasteiger partial charge on any atom is -0.497 e. The molecule has 1 amide bonds. The van der Waals surface area contributed by atoms with E-state index >= 15 is 0 Å². The Labute approximate surface area is 120 Å². The van der Waals surface area contributed by atoms with Gasteiger partial charge in [-0.1, -0.05) is 5.11 Å². The Bertz CT molecular complexity index is 625. The largest absolute Gasteiger partial charge is 0.497 e. The van der Waals surface area contributed by atoms with Gasteiger partial charge in [0.2, 0.25) is 5.91 Å². The summed E-state index contributed by atoms with van der Waals surface area (Å²) < 4.78 is 5.06. The van der Waals surface area contributed by atoms with Crippen molar-refractivity contribution in [1.82, 2.24) is 0 Å². The molecule has 0 spiro atoms. The summed E-state index contributed by atoms with van der Waals surface area (Å²) in [5.41, 5.74) is 8.84. The Balaban J connectivity index is 2.28. The highest BCUT2D eigenvalue weighted by molar-refractivity contribution is 5.98. The average molecular weight is 290 g/mol. The molecular formula is C13H14N4O4. The molecule has 1 heterocycles. The summed E-state index contributed by atoms with van der Waals surface area (Å²) >= 11 is 0. The number of hydrogen-bond donors (Lipinski definition) is 1. The molecule has 0 aliphatic carbocycles. The number of methoxy groups -OCH3 is 1. The summed E-state index contributed by atoms with van der Waals surface area (Å²) in [5, 5.41) is 12.6. The van der Waals surface area contributed by atoms with E-state index in [1.54, 1.807) is 6.07 Å². The van der Waals surface area contributed by atoms with Gasteiger partial charge in [-0.25, -0.2) is 4.79 Å². The van der Waals surface area contributed by atoms with Gasteiger partial charge in [-0.05, 0) is 23.6 Å². The average Bonchev–Trinajstić information content (AvgIpc) is 2.85. The number of hydrogen-bond acceptors (Lipinski definition) is 4. The maximum absolute atomic E-state index is 12.0. The summed E-state index contributed by atoms with van der Waals surface area (Å²) in [6.45, 7) is 0.637. The van der Waals surface area contributed by atoms with Crippen LogP contribution < -0.4 is 9.64 Å². The number of anilines is 1. The van der Waals surface area contributed by atoms with Gasteiger partial charge in [0.1, 0.15) is 5.75 Å². The van der Waals surface area contributed by atoms with Crippen molar-refractivity contribution < 1.29 is 19.4 Å². The van der Waals surface area contributed by atoms with Gasteiger partial charge in [0, 0.05) is 36.2 Å². The fourth-order valence-electron chi connectivity index (χ4n) is 2.29. The number of carbonyl (C=O) groups excluding carboxylic acids is 1. The molecule has 1 N–H and O–H groups in total. The van der Waals surface area contributed by atoms with Crippen LogP contribution in [0.3, 0.4) is 0 Å². The van der Waals surface area contributed by atoms with Crippen LogP contribution in [0.4, 0.5) is 5.69 Å². The quantitative estimate of drug-likeness (QED) is 0.507. The van der Waals surface area contributed by atoms with Crippen molar-refractivity contribution in [3.63, 3.8) is 0 Å². The number of aromatic carboxylic acids is 1. The maximum Gasteiger partial charge on any atom is 0.335 e. The van der Waals surface area contributed by atoms with E-state index in [1.807, 2.05) is 0 Å². The summed E-state index contributed by atoms with van der Waals surface area (Å²) in [7, 11) is 1.43. The van der Waals surface area contributed by atoms with Crippen molar-refractivity contribution in [2.75, 3.05) is 25.1 Å². The third kappa shape index (κ3) is 3.24. The van der Waals surface area contributed by atoms with Crippen molar-refractivity contribution >= 4 is 17.6 Å². The minimum atomic E-state index is -1.09. The molecule has 21 heavy (non-hydrogen) atoms. The first-order valence-corrected chi connectivity index (χ1v) is 6.28. The number of amides is 1. The van der Waals surface area contributed by atoms with Crippen LogP contribution in [0.2, 0.25) is 0 Å². The molecule has 2 rings (SSSR count). The number of carboxylic acids is 1. The molecule has 1 saturated heterocycles. The number of benzene rings is 1. The van der Waals surface area contributed by atoms with Gasteiger partial charge in [-0.3, -0.25) is 4.79 Å². The Morgan fingerprint density at radius 1 is 1.57 bits per heavy atom. The van der Waals surface area contributed by atoms with Gasteiger partial charge in [-0.15, -0.1) is 0 Å². The van der Waals surface area contributed by atoms with Gasteiger partial charge < -0.3 is 14.7 Å². The fourth-order valence-corrected chi connectivity index (χ4v) is 2.29. The molecule has 1 fully saturated rings. The van der Waals surface area contributed by atoms with E-state index in [4.69, 9.17) is 15.4 Å². The molecule has 0 bridgehead atoms. The van der Waals surface area contributed by atoms with E-state index in [2.05, 4.69) is 10.0 Å². The molecule has 110 valence electrons. The highest BCUT2D eigenvalue weighted by Gasteiger charge is 2.30. The lowest BCUT2D eigenvalue weighted by atomic mass is 10.1. The topological polar surface area (TPSA) is 116 Å². The second-order valence-corrected chi connectivity index (χ2v) is 4.71. The molecule has 1 aliphatic rings. The van der Waals surface area contributed by atoms with Crippen LogP contribution in [0.1, 0.15) is 16.8 Å². The van der Waals surface area contributed by atoms with Gasteiger partial charge >= 0.3 is 5.97 Å². The van der Waals surface area contributed by atoms with E-state index in [-0.39, 0.29) is 30.4 Å². The number of nitrogens with zero attached hydrogens (tertiary/aromatic N) is 4. The van der Waals surface area contributed by atoms with Crippen LogP contribution in [-0.2, 0) is 4.79 Å². The van der Waals surface area contributed by atoms with Crippen molar-refractivity contribution in [1.29, 1.82) is 0 Å². The molecular weight excluding hydrogens is 276 g/mol. The smallest absolute Gasteiger partial charge is 0.335 e. The van der Waals surface area contributed by atoms with Gasteiger partial charge in [0.25, 0.3) is 0 Å². The molecule has 1 unspecified atom stereocenters. The third-order valence-electron chi connectivity index (χ3n) is 3.29. The van der Waals surface area contributed by atoms with Crippen molar-refractivity contribution in [2.45, 2.75) is 6.42 Å². The lowest BCUT2D eigenvalue weighted by molar-refractivity contribution is -0.117. The van der Waals surface area contributed by atoms with Crippen LogP contribution >= 0.6 is 0 Å². The lowest BCUT2D eigenvalue weighted by Gasteiger charge is -2.18. The van der Waals surface area contributed by atoms with E-state index in [1.165, 1.54) is 24.1 Å². The first kappa shape index (κ1) is 14.7. The molecule has 8 nitrogen and oxygen atoms in total. The summed E-state index contributed by atoms with van der Waals surface area (Å²) in [4.78, 5) is 27.3. The Kier molecular flexibility index (Phi) is 4.30. The maximum atomic E-state index is 12.0. The molecule has 1 aromatic carbocycles. The first-order chi connectivity index (χ1) is 10.0. The Morgan fingerprint density at radius 2 is 2.33 bits per heavy atom. The molecule has 1 atom stereocenters. The predicted octanol–water partition coefficient (Wildman–Crippen LogP) is 2.06. The van der Waals surface area contributed by atoms with Crippen molar-refractivity contribution in [3.05, 3.63) is 34.2 Å². The van der Waals surface area contributed by atoms with E-state index in [0.717, 1.165) is 0 Å². The van der Waals surface area contributed by atoms with Crippen LogP contribution in [-0.4, -0.2) is 37.2 Å². The van der Waals surface area contributed by atoms with Crippen molar-refractivity contribution in [3.8, 4) is 5.75 Å². The first-order valence-electron chi connectivity index (χ1n) is 6.28. The minimum absolute atomic E-state index is 0.0515. The molecule has 1 aromatic rings. The number of azide groups is 1.